The van der Waals surface area contributed by atoms with E-state index >= 15 is 0 Å². The van der Waals surface area contributed by atoms with E-state index < -0.39 is 0 Å². The lowest BCUT2D eigenvalue weighted by atomic mass is 10.2. The monoisotopic (exact) mass is 252 g/mol. The molecule has 0 aliphatic carbocycles. The lowest BCUT2D eigenvalue weighted by Gasteiger charge is -2.33. The van der Waals surface area contributed by atoms with Gasteiger partial charge in [0.25, 0.3) is 5.52 Å². The van der Waals surface area contributed by atoms with Gasteiger partial charge in [-0.2, -0.15) is 0 Å². The second kappa shape index (κ2) is 4.09. The van der Waals surface area contributed by atoms with Crippen molar-refractivity contribution in [2.24, 2.45) is 0 Å². The lowest BCUT2D eigenvalue weighted by molar-refractivity contribution is -0.782. The minimum absolute atomic E-state index is 0.236. The van der Waals surface area contributed by atoms with Crippen molar-refractivity contribution in [1.29, 1.82) is 0 Å². The molecule has 0 N–H and O–H groups in total. The highest BCUT2D eigenvalue weighted by molar-refractivity contribution is 5.76. The minimum Gasteiger partial charge on any atom is -0.366 e. The highest BCUT2D eigenvalue weighted by atomic mass is 19.1. The Kier molecular flexibility index (Phi) is 2.55. The molecular weight excluding hydrogens is 239 g/mol. The van der Waals surface area contributed by atoms with E-state index in [1.54, 1.807) is 0 Å². The van der Waals surface area contributed by atoms with Crippen molar-refractivity contribution in [3.8, 4) is 0 Å². The van der Waals surface area contributed by atoms with E-state index in [0.29, 0.717) is 10.6 Å². The van der Waals surface area contributed by atoms with Crippen LogP contribution in [-0.4, -0.2) is 43.3 Å². The fourth-order valence-corrected chi connectivity index (χ4v) is 2.17. The fraction of sp³-hybridized carbons (Fsp3) is 0.455. The van der Waals surface area contributed by atoms with Gasteiger partial charge in [0.1, 0.15) is 0 Å². The van der Waals surface area contributed by atoms with Gasteiger partial charge in [0.05, 0.1) is 5.69 Å². The Hall–Kier alpha value is -1.89. The van der Waals surface area contributed by atoms with Crippen LogP contribution in [0.25, 0.3) is 11.0 Å². The van der Waals surface area contributed by atoms with Crippen LogP contribution in [0.2, 0.25) is 0 Å². The SMILES string of the molecule is CN1CCN(c2cc3c(cc2F)no[n+]3[O-])CC1. The summed E-state index contributed by atoms with van der Waals surface area (Å²) in [5, 5.41) is 14.8. The van der Waals surface area contributed by atoms with Gasteiger partial charge >= 0.3 is 0 Å². The zero-order valence-corrected chi connectivity index (χ0v) is 9.97. The lowest BCUT2D eigenvalue weighted by Crippen LogP contribution is -2.44. The third-order valence-corrected chi connectivity index (χ3v) is 3.30. The van der Waals surface area contributed by atoms with E-state index in [-0.39, 0.29) is 16.9 Å². The van der Waals surface area contributed by atoms with Crippen LogP contribution in [0.5, 0.6) is 0 Å². The molecule has 1 aromatic heterocycles. The number of rotatable bonds is 1. The van der Waals surface area contributed by atoms with Gasteiger partial charge in [0, 0.05) is 43.5 Å². The summed E-state index contributed by atoms with van der Waals surface area (Å²) in [5.41, 5.74) is 0.925. The Bertz CT molecular complexity index is 578. The first-order chi connectivity index (χ1) is 8.65. The second-order valence-corrected chi connectivity index (χ2v) is 4.51. The van der Waals surface area contributed by atoms with E-state index in [9.17, 15) is 9.60 Å². The van der Waals surface area contributed by atoms with Crippen molar-refractivity contribution < 1.29 is 13.9 Å². The van der Waals surface area contributed by atoms with Crippen LogP contribution in [0.4, 0.5) is 10.1 Å². The second-order valence-electron chi connectivity index (χ2n) is 4.51. The van der Waals surface area contributed by atoms with Crippen molar-refractivity contribution in [3.63, 3.8) is 0 Å². The number of likely N-dealkylation sites (N-methyl/N-ethyl adjacent to an activating group) is 1. The number of nitrogens with zero attached hydrogens (tertiary/aromatic N) is 4. The average Bonchev–Trinajstić information content (AvgIpc) is 2.71. The molecule has 1 aliphatic rings. The molecule has 0 atom stereocenters. The summed E-state index contributed by atoms with van der Waals surface area (Å²) in [4.78, 5) is 4.41. The molecule has 2 aromatic rings. The van der Waals surface area contributed by atoms with Gasteiger partial charge in [0.2, 0.25) is 5.52 Å². The summed E-state index contributed by atoms with van der Waals surface area (Å²) >= 11 is 0. The van der Waals surface area contributed by atoms with E-state index in [1.807, 2.05) is 11.9 Å². The van der Waals surface area contributed by atoms with E-state index in [1.165, 1.54) is 12.1 Å². The van der Waals surface area contributed by atoms with Crippen LogP contribution in [0.1, 0.15) is 0 Å². The third-order valence-electron chi connectivity index (χ3n) is 3.30. The first kappa shape index (κ1) is 11.2. The van der Waals surface area contributed by atoms with Gasteiger partial charge in [0.15, 0.2) is 5.82 Å². The summed E-state index contributed by atoms with van der Waals surface area (Å²) < 4.78 is 18.4. The number of fused-ring (bicyclic) bond motifs is 1. The van der Waals surface area contributed by atoms with Gasteiger partial charge in [-0.3, -0.25) is 4.63 Å². The molecule has 18 heavy (non-hydrogen) atoms. The predicted octanol–water partition coefficient (Wildman–Crippen LogP) is 0.352. The molecule has 0 saturated carbocycles. The summed E-state index contributed by atoms with van der Waals surface area (Å²) in [5.74, 6) is -0.374. The highest BCUT2D eigenvalue weighted by Crippen LogP contribution is 2.24. The Balaban J connectivity index is 2.00. The van der Waals surface area contributed by atoms with Crippen LogP contribution in [0.3, 0.4) is 0 Å². The highest BCUT2D eigenvalue weighted by Gasteiger charge is 2.21. The zero-order valence-electron chi connectivity index (χ0n) is 9.97. The zero-order chi connectivity index (χ0) is 12.7. The molecule has 7 heteroatoms. The van der Waals surface area contributed by atoms with E-state index in [0.717, 1.165) is 26.2 Å². The van der Waals surface area contributed by atoms with Crippen LogP contribution in [0.15, 0.2) is 16.8 Å². The van der Waals surface area contributed by atoms with Gasteiger partial charge < -0.3 is 15.0 Å². The molecule has 2 heterocycles. The number of piperazine rings is 1. The number of aromatic nitrogens is 2. The standard InChI is InChI=1S/C11H13FN4O2/c1-14-2-4-15(5-3-14)10-7-11-9(6-8(10)12)13-18-16(11)17/h6-7H,2-5H2,1H3. The van der Waals surface area contributed by atoms with Crippen molar-refractivity contribution in [2.45, 2.75) is 0 Å². The maximum absolute atomic E-state index is 14.0. The van der Waals surface area contributed by atoms with Crippen molar-refractivity contribution in [3.05, 3.63) is 23.2 Å². The molecule has 0 amide bonds. The van der Waals surface area contributed by atoms with Gasteiger partial charge in [-0.05, 0) is 12.0 Å². The number of hydrogen-bond acceptors (Lipinski definition) is 5. The number of halogens is 1. The van der Waals surface area contributed by atoms with Crippen molar-refractivity contribution in [2.75, 3.05) is 38.1 Å². The van der Waals surface area contributed by atoms with Gasteiger partial charge in [-0.15, -0.1) is 0 Å². The predicted molar refractivity (Wildman–Crippen MR) is 62.6 cm³/mol. The molecule has 0 radical (unpaired) electrons. The van der Waals surface area contributed by atoms with Crippen LogP contribution < -0.4 is 9.80 Å². The van der Waals surface area contributed by atoms with Crippen LogP contribution in [0, 0.1) is 11.0 Å². The summed E-state index contributed by atoms with van der Waals surface area (Å²) in [6.45, 7) is 3.23. The topological polar surface area (TPSA) is 59.5 Å². The Morgan fingerprint density at radius 2 is 2.06 bits per heavy atom. The minimum atomic E-state index is -0.374. The molecule has 6 nitrogen and oxygen atoms in total. The van der Waals surface area contributed by atoms with Gasteiger partial charge in [-0.25, -0.2) is 4.39 Å². The fourth-order valence-electron chi connectivity index (χ4n) is 2.17. The summed E-state index contributed by atoms with van der Waals surface area (Å²) in [6, 6.07) is 2.74. The smallest absolute Gasteiger partial charge is 0.251 e. The Morgan fingerprint density at radius 1 is 1.33 bits per heavy atom. The largest absolute Gasteiger partial charge is 0.366 e. The molecule has 96 valence electrons. The van der Waals surface area contributed by atoms with Crippen LogP contribution in [-0.2, 0) is 0 Å². The Morgan fingerprint density at radius 3 is 2.78 bits per heavy atom. The molecule has 1 aromatic carbocycles. The average molecular weight is 252 g/mol. The molecule has 1 aliphatic heterocycles. The maximum Gasteiger partial charge on any atom is 0.251 e. The molecule has 0 spiro atoms. The van der Waals surface area contributed by atoms with Crippen molar-refractivity contribution >= 4 is 16.7 Å². The van der Waals surface area contributed by atoms with E-state index in [4.69, 9.17) is 0 Å². The molecule has 3 rings (SSSR count). The summed E-state index contributed by atoms with van der Waals surface area (Å²) in [6.07, 6.45) is 0. The number of hydrogen-bond donors (Lipinski definition) is 0. The first-order valence-electron chi connectivity index (χ1n) is 5.77. The maximum atomic E-state index is 14.0. The Labute approximate surface area is 103 Å². The molecule has 0 unspecified atom stereocenters. The number of benzene rings is 1. The summed E-state index contributed by atoms with van der Waals surface area (Å²) in [7, 11) is 2.03. The molecule has 1 fully saturated rings. The molecule has 0 bridgehead atoms. The molecular formula is C11H13FN4O2. The van der Waals surface area contributed by atoms with Gasteiger partial charge in [-0.1, -0.05) is 0 Å². The van der Waals surface area contributed by atoms with Crippen molar-refractivity contribution in [1.82, 2.24) is 10.1 Å². The number of anilines is 1. The van der Waals surface area contributed by atoms with E-state index in [2.05, 4.69) is 14.7 Å². The van der Waals surface area contributed by atoms with Crippen LogP contribution >= 0.6 is 0 Å². The molecule has 1 saturated heterocycles. The quantitative estimate of drug-likeness (QED) is 0.685. The first-order valence-corrected chi connectivity index (χ1v) is 5.77. The normalized spacial score (nSPS) is 17.6. The third kappa shape index (κ3) is 1.76.